The van der Waals surface area contributed by atoms with Crippen molar-refractivity contribution >= 4 is 12.0 Å². The molecule has 114 valence electrons. The first-order valence-electron chi connectivity index (χ1n) is 7.06. The lowest BCUT2D eigenvalue weighted by Gasteiger charge is -2.25. The van der Waals surface area contributed by atoms with Gasteiger partial charge in [0.1, 0.15) is 5.92 Å². The number of rotatable bonds is 6. The number of nitrogens with one attached hydrogen (secondary N) is 2. The van der Waals surface area contributed by atoms with Crippen molar-refractivity contribution in [1.29, 1.82) is 0 Å². The molecule has 2 amide bonds. The maximum atomic E-state index is 11.8. The highest BCUT2D eigenvalue weighted by Gasteiger charge is 2.35. The zero-order valence-corrected chi connectivity index (χ0v) is 12.0. The van der Waals surface area contributed by atoms with Gasteiger partial charge >= 0.3 is 12.0 Å². The summed E-state index contributed by atoms with van der Waals surface area (Å²) in [7, 11) is 2.06. The summed E-state index contributed by atoms with van der Waals surface area (Å²) in [5.41, 5.74) is 0. The van der Waals surface area contributed by atoms with Crippen LogP contribution < -0.4 is 10.6 Å². The Balaban J connectivity index is 1.70. The first-order chi connectivity index (χ1) is 9.49. The molecule has 0 radical (unpaired) electrons. The third kappa shape index (κ3) is 3.83. The van der Waals surface area contributed by atoms with E-state index in [0.29, 0.717) is 12.6 Å². The van der Waals surface area contributed by atoms with Gasteiger partial charge in [0.15, 0.2) is 0 Å². The molecule has 2 aliphatic rings. The van der Waals surface area contributed by atoms with Gasteiger partial charge in [-0.15, -0.1) is 0 Å². The molecule has 3 atom stereocenters. The number of aliphatic carboxylic acids is 1. The van der Waals surface area contributed by atoms with Gasteiger partial charge in [0.25, 0.3) is 0 Å². The lowest BCUT2D eigenvalue weighted by atomic mass is 10.0. The smallest absolute Gasteiger partial charge is 0.315 e. The van der Waals surface area contributed by atoms with Crippen LogP contribution in [0.2, 0.25) is 0 Å². The number of ether oxygens (including phenoxy) is 1. The first kappa shape index (κ1) is 15.1. The van der Waals surface area contributed by atoms with Crippen molar-refractivity contribution in [2.24, 2.45) is 5.92 Å². The summed E-state index contributed by atoms with van der Waals surface area (Å²) in [6.45, 7) is 3.02. The zero-order valence-electron chi connectivity index (χ0n) is 12.0. The third-order valence-electron chi connectivity index (χ3n) is 4.09. The Hall–Kier alpha value is -1.34. The lowest BCUT2D eigenvalue weighted by Crippen LogP contribution is -2.50. The molecule has 1 saturated heterocycles. The van der Waals surface area contributed by atoms with E-state index in [0.717, 1.165) is 0 Å². The van der Waals surface area contributed by atoms with Crippen molar-refractivity contribution < 1.29 is 19.4 Å². The highest BCUT2D eigenvalue weighted by molar-refractivity contribution is 5.77. The molecule has 1 aliphatic heterocycles. The number of carboxylic acids is 1. The molecule has 3 unspecified atom stereocenters. The quantitative estimate of drug-likeness (QED) is 0.632. The summed E-state index contributed by atoms with van der Waals surface area (Å²) >= 11 is 0. The Kier molecular flexibility index (Phi) is 4.82. The highest BCUT2D eigenvalue weighted by atomic mass is 16.5. The topological polar surface area (TPSA) is 90.9 Å². The number of amides is 2. The van der Waals surface area contributed by atoms with Gasteiger partial charge in [0.2, 0.25) is 0 Å². The van der Waals surface area contributed by atoms with Crippen LogP contribution in [0.1, 0.15) is 19.8 Å². The Morgan fingerprint density at radius 1 is 1.40 bits per heavy atom. The second-order valence-electron chi connectivity index (χ2n) is 5.69. The average molecular weight is 285 g/mol. The predicted molar refractivity (Wildman–Crippen MR) is 72.5 cm³/mol. The molecule has 20 heavy (non-hydrogen) atoms. The molecule has 0 aromatic heterocycles. The molecular formula is C13H23N3O4. The van der Waals surface area contributed by atoms with Crippen molar-refractivity contribution in [3.05, 3.63) is 0 Å². The molecule has 0 aromatic rings. The van der Waals surface area contributed by atoms with E-state index in [-0.39, 0.29) is 25.3 Å². The highest BCUT2D eigenvalue weighted by Crippen LogP contribution is 2.26. The maximum Gasteiger partial charge on any atom is 0.315 e. The van der Waals surface area contributed by atoms with E-state index in [4.69, 9.17) is 9.84 Å². The van der Waals surface area contributed by atoms with Crippen LogP contribution in [-0.2, 0) is 9.53 Å². The average Bonchev–Trinajstić information content (AvgIpc) is 3.15. The Labute approximate surface area is 118 Å². The molecule has 7 nitrogen and oxygen atoms in total. The van der Waals surface area contributed by atoms with Crippen LogP contribution in [0.5, 0.6) is 0 Å². The minimum absolute atomic E-state index is 0.154. The molecule has 0 aromatic carbocycles. The van der Waals surface area contributed by atoms with Gasteiger partial charge in [0, 0.05) is 18.6 Å². The fraction of sp³-hybridized carbons (Fsp3) is 0.846. The number of hydrogen-bond donors (Lipinski definition) is 3. The van der Waals surface area contributed by atoms with E-state index in [9.17, 15) is 9.59 Å². The summed E-state index contributed by atoms with van der Waals surface area (Å²) in [6.07, 6.45) is 2.46. The molecule has 0 bridgehead atoms. The lowest BCUT2D eigenvalue weighted by molar-refractivity contribution is -0.142. The third-order valence-corrected chi connectivity index (χ3v) is 4.09. The van der Waals surface area contributed by atoms with Gasteiger partial charge in [-0.2, -0.15) is 0 Å². The van der Waals surface area contributed by atoms with Crippen LogP contribution in [0.3, 0.4) is 0 Å². The minimum Gasteiger partial charge on any atom is -0.481 e. The van der Waals surface area contributed by atoms with Crippen LogP contribution >= 0.6 is 0 Å². The van der Waals surface area contributed by atoms with Gasteiger partial charge < -0.3 is 20.5 Å². The summed E-state index contributed by atoms with van der Waals surface area (Å²) in [5.74, 6) is -1.60. The first-order valence-corrected chi connectivity index (χ1v) is 7.06. The molecular weight excluding hydrogens is 262 g/mol. The molecule has 3 N–H and O–H groups in total. The van der Waals surface area contributed by atoms with Crippen molar-refractivity contribution in [2.45, 2.75) is 37.9 Å². The molecule has 1 aliphatic carbocycles. The van der Waals surface area contributed by atoms with Crippen molar-refractivity contribution in [3.63, 3.8) is 0 Å². The number of carbonyl (C=O) groups excluding carboxylic acids is 1. The fourth-order valence-corrected chi connectivity index (χ4v) is 2.39. The predicted octanol–water partition coefficient (Wildman–Crippen LogP) is -0.132. The van der Waals surface area contributed by atoms with E-state index < -0.39 is 17.9 Å². The molecule has 2 rings (SSSR count). The maximum absolute atomic E-state index is 11.8. The summed E-state index contributed by atoms with van der Waals surface area (Å²) < 4.78 is 5.10. The second-order valence-corrected chi connectivity index (χ2v) is 5.69. The van der Waals surface area contributed by atoms with Crippen LogP contribution in [0, 0.1) is 5.92 Å². The van der Waals surface area contributed by atoms with Gasteiger partial charge in [-0.05, 0) is 26.8 Å². The van der Waals surface area contributed by atoms with Gasteiger partial charge in [-0.3, -0.25) is 9.69 Å². The Morgan fingerprint density at radius 3 is 2.70 bits per heavy atom. The van der Waals surface area contributed by atoms with E-state index in [1.54, 1.807) is 0 Å². The molecule has 2 fully saturated rings. The number of nitrogens with zero attached hydrogens (tertiary/aromatic N) is 1. The van der Waals surface area contributed by atoms with Crippen molar-refractivity contribution in [3.8, 4) is 0 Å². The van der Waals surface area contributed by atoms with E-state index >= 15 is 0 Å². The van der Waals surface area contributed by atoms with Gasteiger partial charge in [-0.1, -0.05) is 0 Å². The van der Waals surface area contributed by atoms with E-state index in [1.807, 2.05) is 0 Å². The second kappa shape index (κ2) is 6.41. The number of carbonyl (C=O) groups is 2. The summed E-state index contributed by atoms with van der Waals surface area (Å²) in [6, 6.07) is 0.129. The summed E-state index contributed by atoms with van der Waals surface area (Å²) in [4.78, 5) is 25.0. The largest absolute Gasteiger partial charge is 0.481 e. The standard InChI is InChI=1S/C13H23N3O4/c1-8(16(2)9-3-4-9)5-14-13(19)15-11-7-20-6-10(11)12(17)18/h8-11H,3-7H2,1-2H3,(H,17,18)(H2,14,15,19). The van der Waals surface area contributed by atoms with E-state index in [1.165, 1.54) is 12.8 Å². The number of carboxylic acid groups (broad SMARTS) is 1. The number of urea groups is 1. The Bertz CT molecular complexity index is 373. The van der Waals surface area contributed by atoms with Gasteiger partial charge in [-0.25, -0.2) is 4.79 Å². The van der Waals surface area contributed by atoms with Crippen LogP contribution in [0.4, 0.5) is 4.79 Å². The molecule has 7 heteroatoms. The van der Waals surface area contributed by atoms with Crippen molar-refractivity contribution in [1.82, 2.24) is 15.5 Å². The van der Waals surface area contributed by atoms with E-state index in [2.05, 4.69) is 29.5 Å². The van der Waals surface area contributed by atoms with Crippen LogP contribution in [-0.4, -0.2) is 66.9 Å². The zero-order chi connectivity index (χ0) is 14.7. The van der Waals surface area contributed by atoms with Crippen molar-refractivity contribution in [2.75, 3.05) is 26.8 Å². The van der Waals surface area contributed by atoms with Gasteiger partial charge in [0.05, 0.1) is 19.3 Å². The van der Waals surface area contributed by atoms with Crippen LogP contribution in [0.15, 0.2) is 0 Å². The molecule has 1 saturated carbocycles. The summed E-state index contributed by atoms with van der Waals surface area (Å²) in [5, 5.41) is 14.5. The number of hydrogen-bond acceptors (Lipinski definition) is 4. The Morgan fingerprint density at radius 2 is 2.10 bits per heavy atom. The molecule has 1 heterocycles. The minimum atomic E-state index is -0.936. The monoisotopic (exact) mass is 285 g/mol. The molecule has 0 spiro atoms. The normalized spacial score (nSPS) is 27.4. The fourth-order valence-electron chi connectivity index (χ4n) is 2.39. The SMILES string of the molecule is CC(CNC(=O)NC1COCC1C(=O)O)N(C)C1CC1. The van der Waals surface area contributed by atoms with Crippen LogP contribution in [0.25, 0.3) is 0 Å². The number of likely N-dealkylation sites (N-methyl/N-ethyl adjacent to an activating group) is 1.